The van der Waals surface area contributed by atoms with Gasteiger partial charge in [0.25, 0.3) is 0 Å². The van der Waals surface area contributed by atoms with Crippen LogP contribution in [0.2, 0.25) is 0 Å². The van der Waals surface area contributed by atoms with Crippen LogP contribution in [-0.2, 0) is 28.6 Å². The molecular weight excluding hydrogens is 877 g/mol. The first-order valence-corrected chi connectivity index (χ1v) is 30.1. The van der Waals surface area contributed by atoms with Crippen molar-refractivity contribution in [3.8, 4) is 0 Å². The number of hydrogen-bond donors (Lipinski definition) is 0. The molecule has 0 bridgehead atoms. The van der Waals surface area contributed by atoms with E-state index in [9.17, 15) is 14.4 Å². The summed E-state index contributed by atoms with van der Waals surface area (Å²) in [5.41, 5.74) is 0. The van der Waals surface area contributed by atoms with Crippen LogP contribution in [0.4, 0.5) is 0 Å². The Labute approximate surface area is 439 Å². The van der Waals surface area contributed by atoms with Crippen molar-refractivity contribution >= 4 is 17.9 Å². The molecule has 6 nitrogen and oxygen atoms in total. The van der Waals surface area contributed by atoms with Crippen molar-refractivity contribution < 1.29 is 28.6 Å². The molecule has 0 heterocycles. The molecule has 0 radical (unpaired) electrons. The summed E-state index contributed by atoms with van der Waals surface area (Å²) in [5, 5.41) is 0. The molecule has 0 N–H and O–H groups in total. The zero-order valence-electron chi connectivity index (χ0n) is 46.7. The van der Waals surface area contributed by atoms with Crippen LogP contribution in [0.15, 0.2) is 85.1 Å². The Hall–Kier alpha value is -3.41. The quantitative estimate of drug-likeness (QED) is 0.0261. The number of rotatable bonds is 54. The van der Waals surface area contributed by atoms with Gasteiger partial charge in [-0.25, -0.2) is 0 Å². The summed E-state index contributed by atoms with van der Waals surface area (Å²) in [6.07, 6.45) is 77.3. The van der Waals surface area contributed by atoms with Crippen LogP contribution in [0.3, 0.4) is 0 Å². The van der Waals surface area contributed by atoms with E-state index in [1.807, 2.05) is 0 Å². The van der Waals surface area contributed by atoms with Crippen LogP contribution in [-0.4, -0.2) is 37.2 Å². The minimum Gasteiger partial charge on any atom is -0.462 e. The van der Waals surface area contributed by atoms with Crippen LogP contribution in [0.25, 0.3) is 0 Å². The number of hydrogen-bond acceptors (Lipinski definition) is 6. The average Bonchev–Trinajstić information content (AvgIpc) is 3.37. The Bertz CT molecular complexity index is 1370. The molecule has 408 valence electrons. The molecule has 0 saturated carbocycles. The molecular formula is C65H112O6. The summed E-state index contributed by atoms with van der Waals surface area (Å²) in [5.74, 6) is -0.965. The topological polar surface area (TPSA) is 78.9 Å². The van der Waals surface area contributed by atoms with E-state index in [-0.39, 0.29) is 37.5 Å². The van der Waals surface area contributed by atoms with Crippen molar-refractivity contribution in [1.82, 2.24) is 0 Å². The van der Waals surface area contributed by atoms with Gasteiger partial charge in [-0.2, -0.15) is 0 Å². The lowest BCUT2D eigenvalue weighted by Crippen LogP contribution is -2.30. The van der Waals surface area contributed by atoms with Gasteiger partial charge in [-0.3, -0.25) is 14.4 Å². The lowest BCUT2D eigenvalue weighted by Gasteiger charge is -2.18. The summed E-state index contributed by atoms with van der Waals surface area (Å²) in [6, 6.07) is 0. The summed E-state index contributed by atoms with van der Waals surface area (Å²) in [7, 11) is 0. The molecule has 71 heavy (non-hydrogen) atoms. The molecule has 0 amide bonds. The predicted molar refractivity (Wildman–Crippen MR) is 307 cm³/mol. The highest BCUT2D eigenvalue weighted by atomic mass is 16.6. The number of carbonyl (C=O) groups is 3. The second-order valence-corrected chi connectivity index (χ2v) is 19.9. The highest BCUT2D eigenvalue weighted by Crippen LogP contribution is 2.16. The summed E-state index contributed by atoms with van der Waals surface area (Å²) < 4.78 is 16.8. The number of esters is 3. The Balaban J connectivity index is 4.42. The molecule has 0 spiro atoms. The molecule has 0 aliphatic heterocycles. The molecule has 0 aromatic rings. The monoisotopic (exact) mass is 989 g/mol. The maximum Gasteiger partial charge on any atom is 0.306 e. The first-order valence-electron chi connectivity index (χ1n) is 30.1. The smallest absolute Gasteiger partial charge is 0.306 e. The normalized spacial score (nSPS) is 12.7. The minimum atomic E-state index is -0.807. The van der Waals surface area contributed by atoms with Crippen molar-refractivity contribution in [2.45, 2.75) is 297 Å². The van der Waals surface area contributed by atoms with E-state index in [4.69, 9.17) is 14.2 Å². The van der Waals surface area contributed by atoms with Crippen LogP contribution >= 0.6 is 0 Å². The zero-order chi connectivity index (χ0) is 51.4. The van der Waals surface area contributed by atoms with Gasteiger partial charge < -0.3 is 14.2 Å². The number of allylic oxidation sites excluding steroid dienone is 14. The third-order valence-corrected chi connectivity index (χ3v) is 12.9. The van der Waals surface area contributed by atoms with Crippen LogP contribution in [0.5, 0.6) is 0 Å². The van der Waals surface area contributed by atoms with Crippen LogP contribution < -0.4 is 0 Å². The van der Waals surface area contributed by atoms with Crippen molar-refractivity contribution in [3.63, 3.8) is 0 Å². The van der Waals surface area contributed by atoms with Crippen molar-refractivity contribution in [2.24, 2.45) is 0 Å². The summed E-state index contributed by atoms with van der Waals surface area (Å²) >= 11 is 0. The maximum absolute atomic E-state index is 12.9. The lowest BCUT2D eigenvalue weighted by atomic mass is 10.0. The van der Waals surface area contributed by atoms with Gasteiger partial charge in [0.05, 0.1) is 0 Å². The van der Waals surface area contributed by atoms with Gasteiger partial charge in [-0.1, -0.05) is 266 Å². The lowest BCUT2D eigenvalue weighted by molar-refractivity contribution is -0.167. The molecule has 0 fully saturated rings. The van der Waals surface area contributed by atoms with E-state index in [0.29, 0.717) is 19.3 Å². The molecule has 0 rings (SSSR count). The number of carbonyl (C=O) groups excluding carboxylic acids is 3. The van der Waals surface area contributed by atoms with Crippen LogP contribution in [0, 0.1) is 0 Å². The van der Waals surface area contributed by atoms with Gasteiger partial charge in [-0.15, -0.1) is 0 Å². The van der Waals surface area contributed by atoms with Gasteiger partial charge in [0.2, 0.25) is 0 Å². The van der Waals surface area contributed by atoms with Crippen molar-refractivity contribution in [2.75, 3.05) is 13.2 Å². The number of ether oxygens (including phenoxy) is 3. The molecule has 0 aliphatic rings. The second-order valence-electron chi connectivity index (χ2n) is 19.9. The zero-order valence-corrected chi connectivity index (χ0v) is 46.7. The van der Waals surface area contributed by atoms with E-state index in [1.54, 1.807) is 0 Å². The Morgan fingerprint density at radius 1 is 0.296 bits per heavy atom. The Kier molecular flexibility index (Phi) is 56.3. The third kappa shape index (κ3) is 57.4. The molecule has 0 aromatic carbocycles. The second kappa shape index (κ2) is 59.2. The fourth-order valence-electron chi connectivity index (χ4n) is 8.39. The first-order chi connectivity index (χ1) is 35.0. The highest BCUT2D eigenvalue weighted by Gasteiger charge is 2.19. The van der Waals surface area contributed by atoms with Crippen LogP contribution in [0.1, 0.15) is 290 Å². The van der Waals surface area contributed by atoms with Crippen molar-refractivity contribution in [1.29, 1.82) is 0 Å². The van der Waals surface area contributed by atoms with Gasteiger partial charge in [0, 0.05) is 19.3 Å². The van der Waals surface area contributed by atoms with Gasteiger partial charge in [-0.05, 0) is 89.9 Å². The fraction of sp³-hybridized carbons (Fsp3) is 0.738. The Morgan fingerprint density at radius 2 is 0.563 bits per heavy atom. The molecule has 0 aliphatic carbocycles. The van der Waals surface area contributed by atoms with Gasteiger partial charge in [0.15, 0.2) is 6.10 Å². The minimum absolute atomic E-state index is 0.0987. The number of unbranched alkanes of at least 4 members (excludes halogenated alkanes) is 29. The maximum atomic E-state index is 12.9. The molecule has 0 aromatic heterocycles. The van der Waals surface area contributed by atoms with E-state index in [0.717, 1.165) is 103 Å². The Morgan fingerprint density at radius 3 is 0.944 bits per heavy atom. The molecule has 0 saturated heterocycles. The van der Waals surface area contributed by atoms with Gasteiger partial charge in [0.1, 0.15) is 13.2 Å². The van der Waals surface area contributed by atoms with E-state index >= 15 is 0 Å². The van der Waals surface area contributed by atoms with Gasteiger partial charge >= 0.3 is 17.9 Å². The van der Waals surface area contributed by atoms with E-state index in [2.05, 4.69) is 106 Å². The van der Waals surface area contributed by atoms with E-state index in [1.165, 1.54) is 141 Å². The van der Waals surface area contributed by atoms with Crippen molar-refractivity contribution in [3.05, 3.63) is 85.1 Å². The summed E-state index contributed by atoms with van der Waals surface area (Å²) in [4.78, 5) is 38.2. The highest BCUT2D eigenvalue weighted by molar-refractivity contribution is 5.71. The molecule has 6 heteroatoms. The third-order valence-electron chi connectivity index (χ3n) is 12.9. The SMILES string of the molecule is CC/C=C\C/C=C\C/C=C\CCCCCCCC(=O)O[C@H](COC(=O)CCC/C=C\C/C=C\C/C=C\C/C=C\CCCCC)COC(=O)CCCCCCCCCCCCCCCCCCCCCCC. The fourth-order valence-corrected chi connectivity index (χ4v) is 8.39. The summed E-state index contributed by atoms with van der Waals surface area (Å²) in [6.45, 7) is 6.47. The molecule has 1 atom stereocenters. The largest absolute Gasteiger partial charge is 0.462 e. The predicted octanol–water partition coefficient (Wildman–Crippen LogP) is 20.3. The average molecular weight is 990 g/mol. The molecule has 0 unspecified atom stereocenters. The van der Waals surface area contributed by atoms with E-state index < -0.39 is 6.10 Å². The first kappa shape index (κ1) is 67.6. The standard InChI is InChI=1S/C65H112O6/c1-4-7-10-13-16-19-22-25-28-30-31-32-33-35-38-40-43-46-49-52-55-58-64(67)70-61-62(71-65(68)59-56-53-50-47-44-41-36-27-24-21-18-15-12-9-6-3)60-69-63(66)57-54-51-48-45-42-39-37-34-29-26-23-20-17-14-11-8-5-2/h9,12,17-18,20-21,26-27,29,36-37,39,45,48,62H,4-8,10-11,13-16,19,22-25,28,30-35,38,40-44,46-47,49-61H2,1-3H3/b12-9-,20-17-,21-18-,29-26-,36-27-,39-37-,48-45-/t62-/m1/s1.